The van der Waals surface area contributed by atoms with Crippen LogP contribution in [0.25, 0.3) is 11.1 Å². The lowest BCUT2D eigenvalue weighted by atomic mass is 9.97. The van der Waals surface area contributed by atoms with E-state index in [2.05, 4.69) is 6.58 Å². The Bertz CT molecular complexity index is 925. The van der Waals surface area contributed by atoms with Crippen LogP contribution in [0.3, 0.4) is 0 Å². The number of carbonyl (C=O) groups excluding carboxylic acids is 2. The minimum atomic E-state index is -0.741. The fraction of sp³-hybridized carbons (Fsp3) is 0.273. The van der Waals surface area contributed by atoms with Crippen molar-refractivity contribution in [2.45, 2.75) is 27.7 Å². The Kier molecular flexibility index (Phi) is 6.23. The van der Waals surface area contributed by atoms with E-state index in [0.29, 0.717) is 16.9 Å². The largest absolute Gasteiger partial charge is 0.493 e. The Morgan fingerprint density at radius 3 is 2.00 bits per heavy atom. The molecule has 0 atom stereocenters. The van der Waals surface area contributed by atoms with Crippen molar-refractivity contribution in [2.75, 3.05) is 7.11 Å². The molecule has 0 spiro atoms. The molecular weight excluding hydrogens is 363 g/mol. The van der Waals surface area contributed by atoms with E-state index in [4.69, 9.17) is 14.2 Å². The zero-order valence-corrected chi connectivity index (χ0v) is 16.6. The number of rotatable bonds is 5. The molecule has 28 heavy (non-hydrogen) atoms. The van der Waals surface area contributed by atoms with E-state index in [1.807, 2.05) is 0 Å². The molecule has 0 radical (unpaired) electrons. The zero-order chi connectivity index (χ0) is 21.1. The average molecular weight is 386 g/mol. The summed E-state index contributed by atoms with van der Waals surface area (Å²) in [5.41, 5.74) is 0.701. The first-order valence-electron chi connectivity index (χ1n) is 8.61. The Morgan fingerprint density at radius 1 is 0.929 bits per heavy atom. The van der Waals surface area contributed by atoms with Crippen LogP contribution in [-0.4, -0.2) is 19.0 Å². The number of methoxy groups -OCH3 is 1. The molecule has 0 aromatic heterocycles. The van der Waals surface area contributed by atoms with Crippen LogP contribution in [0, 0.1) is 11.2 Å². The summed E-state index contributed by atoms with van der Waals surface area (Å²) < 4.78 is 30.0. The highest BCUT2D eigenvalue weighted by Crippen LogP contribution is 2.34. The molecule has 0 unspecified atom stereocenters. The highest BCUT2D eigenvalue weighted by Gasteiger charge is 2.25. The van der Waals surface area contributed by atoms with Crippen molar-refractivity contribution in [2.24, 2.45) is 5.41 Å². The van der Waals surface area contributed by atoms with Gasteiger partial charge in [0.15, 0.2) is 23.1 Å². The fourth-order valence-corrected chi connectivity index (χ4v) is 2.13. The highest BCUT2D eigenvalue weighted by molar-refractivity contribution is 5.89. The molecule has 0 aliphatic heterocycles. The third-order valence-corrected chi connectivity index (χ3v) is 3.79. The van der Waals surface area contributed by atoms with Gasteiger partial charge in [-0.25, -0.2) is 9.18 Å². The lowest BCUT2D eigenvalue weighted by Gasteiger charge is -2.17. The molecule has 0 saturated heterocycles. The Hall–Kier alpha value is -3.15. The fourth-order valence-electron chi connectivity index (χ4n) is 2.13. The molecule has 0 aliphatic rings. The van der Waals surface area contributed by atoms with E-state index in [-0.39, 0.29) is 17.1 Å². The second kappa shape index (κ2) is 8.25. The molecule has 148 valence electrons. The second-order valence-corrected chi connectivity index (χ2v) is 7.32. The van der Waals surface area contributed by atoms with Gasteiger partial charge in [0.2, 0.25) is 0 Å². The summed E-state index contributed by atoms with van der Waals surface area (Å²) in [6, 6.07) is 9.13. The van der Waals surface area contributed by atoms with E-state index in [1.165, 1.54) is 19.2 Å². The van der Waals surface area contributed by atoms with E-state index in [1.54, 1.807) is 52.0 Å². The smallest absolute Gasteiger partial charge is 0.338 e. The van der Waals surface area contributed by atoms with E-state index in [0.717, 1.165) is 0 Å². The molecule has 2 aromatic rings. The molecule has 0 N–H and O–H groups in total. The standard InChI is InChI=1S/C22H23FO5/c1-13(2)20(24)27-18-10-8-15(12-19(18)26-6)14-7-9-17(16(23)11-14)28-21(25)22(3,4)5/h7-12H,1H2,2-6H3. The van der Waals surface area contributed by atoms with Crippen LogP contribution in [0.1, 0.15) is 27.7 Å². The van der Waals surface area contributed by atoms with Gasteiger partial charge in [0.25, 0.3) is 0 Å². The summed E-state index contributed by atoms with van der Waals surface area (Å²) in [5, 5.41) is 0. The first-order valence-corrected chi connectivity index (χ1v) is 8.61. The number of ether oxygens (including phenoxy) is 3. The molecule has 2 aromatic carbocycles. The predicted molar refractivity (Wildman–Crippen MR) is 104 cm³/mol. The number of esters is 2. The molecule has 0 fully saturated rings. The van der Waals surface area contributed by atoms with Gasteiger partial charge in [0.1, 0.15) is 0 Å². The summed E-state index contributed by atoms with van der Waals surface area (Å²) >= 11 is 0. The third kappa shape index (κ3) is 4.97. The molecule has 0 bridgehead atoms. The van der Waals surface area contributed by atoms with Crippen molar-refractivity contribution < 1.29 is 28.2 Å². The number of carbonyl (C=O) groups is 2. The molecule has 5 nitrogen and oxygen atoms in total. The monoisotopic (exact) mass is 386 g/mol. The minimum absolute atomic E-state index is 0.136. The number of benzene rings is 2. The molecule has 6 heteroatoms. The molecule has 0 aliphatic carbocycles. The second-order valence-electron chi connectivity index (χ2n) is 7.32. The van der Waals surface area contributed by atoms with Gasteiger partial charge in [0.05, 0.1) is 12.5 Å². The van der Waals surface area contributed by atoms with Gasteiger partial charge >= 0.3 is 11.9 Å². The van der Waals surface area contributed by atoms with Crippen molar-refractivity contribution in [1.82, 2.24) is 0 Å². The van der Waals surface area contributed by atoms with Crippen LogP contribution < -0.4 is 14.2 Å². The van der Waals surface area contributed by atoms with Gasteiger partial charge in [0, 0.05) is 5.57 Å². The Balaban J connectivity index is 2.30. The van der Waals surface area contributed by atoms with Crippen LogP contribution in [-0.2, 0) is 9.59 Å². The molecular formula is C22H23FO5. The van der Waals surface area contributed by atoms with Gasteiger partial charge in [-0.05, 0) is 63.1 Å². The Morgan fingerprint density at radius 2 is 1.50 bits per heavy atom. The van der Waals surface area contributed by atoms with Crippen LogP contribution in [0.15, 0.2) is 48.6 Å². The topological polar surface area (TPSA) is 61.8 Å². The summed E-state index contributed by atoms with van der Waals surface area (Å²) in [6.07, 6.45) is 0. The maximum absolute atomic E-state index is 14.4. The third-order valence-electron chi connectivity index (χ3n) is 3.79. The van der Waals surface area contributed by atoms with Gasteiger partial charge in [-0.2, -0.15) is 0 Å². The van der Waals surface area contributed by atoms with E-state index >= 15 is 0 Å². The summed E-state index contributed by atoms with van der Waals surface area (Å²) in [5.74, 6) is -1.34. The van der Waals surface area contributed by atoms with Gasteiger partial charge in [-0.15, -0.1) is 0 Å². The van der Waals surface area contributed by atoms with Crippen molar-refractivity contribution in [3.05, 3.63) is 54.4 Å². The maximum atomic E-state index is 14.4. The average Bonchev–Trinajstić information content (AvgIpc) is 2.62. The summed E-state index contributed by atoms with van der Waals surface area (Å²) in [4.78, 5) is 23.7. The SMILES string of the molecule is C=C(C)C(=O)Oc1ccc(-c2ccc(OC(=O)C(C)(C)C)c(F)c2)cc1OC. The minimum Gasteiger partial charge on any atom is -0.493 e. The quantitative estimate of drug-likeness (QED) is 0.414. The van der Waals surface area contributed by atoms with Crippen molar-refractivity contribution in [3.63, 3.8) is 0 Å². The molecule has 0 heterocycles. The van der Waals surface area contributed by atoms with Crippen LogP contribution in [0.4, 0.5) is 4.39 Å². The van der Waals surface area contributed by atoms with Crippen LogP contribution in [0.5, 0.6) is 17.2 Å². The first-order chi connectivity index (χ1) is 13.0. The van der Waals surface area contributed by atoms with Crippen molar-refractivity contribution in [3.8, 4) is 28.4 Å². The van der Waals surface area contributed by atoms with Crippen LogP contribution in [0.2, 0.25) is 0 Å². The predicted octanol–water partition coefficient (Wildman–Crippen LogP) is 4.93. The number of hydrogen-bond donors (Lipinski definition) is 0. The summed E-state index contributed by atoms with van der Waals surface area (Å²) in [6.45, 7) is 10.1. The van der Waals surface area contributed by atoms with Crippen molar-refractivity contribution in [1.29, 1.82) is 0 Å². The zero-order valence-electron chi connectivity index (χ0n) is 16.6. The number of hydrogen-bond acceptors (Lipinski definition) is 5. The van der Waals surface area contributed by atoms with Gasteiger partial charge in [-0.3, -0.25) is 4.79 Å². The molecule has 0 saturated carbocycles. The normalized spacial score (nSPS) is 10.9. The first kappa shape index (κ1) is 21.2. The highest BCUT2D eigenvalue weighted by atomic mass is 19.1. The Labute approximate surface area is 163 Å². The van der Waals surface area contributed by atoms with Gasteiger partial charge in [-0.1, -0.05) is 18.7 Å². The summed E-state index contributed by atoms with van der Waals surface area (Å²) in [7, 11) is 1.44. The lowest BCUT2D eigenvalue weighted by Crippen LogP contribution is -2.25. The van der Waals surface area contributed by atoms with Crippen molar-refractivity contribution >= 4 is 11.9 Å². The molecule has 0 amide bonds. The van der Waals surface area contributed by atoms with E-state index < -0.39 is 23.2 Å². The van der Waals surface area contributed by atoms with Crippen LogP contribution >= 0.6 is 0 Å². The van der Waals surface area contributed by atoms with E-state index in [9.17, 15) is 14.0 Å². The molecule has 2 rings (SSSR count). The number of halogens is 1. The lowest BCUT2D eigenvalue weighted by molar-refractivity contribution is -0.143. The maximum Gasteiger partial charge on any atom is 0.338 e. The van der Waals surface area contributed by atoms with Gasteiger partial charge < -0.3 is 14.2 Å².